The maximum atomic E-state index is 12.6. The number of hydrogen-bond donors (Lipinski definition) is 2. The van der Waals surface area contributed by atoms with Gasteiger partial charge in [-0.05, 0) is 6.07 Å². The summed E-state index contributed by atoms with van der Waals surface area (Å²) in [6, 6.07) is 0.417. The molecule has 0 spiro atoms. The number of aromatic carboxylic acids is 1. The standard InChI is InChI=1S/C9H7F3N2O3/c1-4(15)14-7-6(9(10,11)12)2-5(3-13-7)8(16)17/h2-3H,1H3,(H,16,17)(H,13,14,15). The van der Waals surface area contributed by atoms with Crippen molar-refractivity contribution in [3.05, 3.63) is 23.4 Å². The summed E-state index contributed by atoms with van der Waals surface area (Å²) in [6.45, 7) is 1.02. The number of carboxylic acid groups (broad SMARTS) is 1. The topological polar surface area (TPSA) is 79.3 Å². The number of alkyl halides is 3. The van der Waals surface area contributed by atoms with E-state index in [1.54, 1.807) is 0 Å². The van der Waals surface area contributed by atoms with Gasteiger partial charge in [-0.3, -0.25) is 4.79 Å². The minimum Gasteiger partial charge on any atom is -0.478 e. The van der Waals surface area contributed by atoms with E-state index in [1.807, 2.05) is 5.32 Å². The lowest BCUT2D eigenvalue weighted by Crippen LogP contribution is -2.16. The van der Waals surface area contributed by atoms with Crippen LogP contribution in [0.1, 0.15) is 22.8 Å². The van der Waals surface area contributed by atoms with Crippen LogP contribution in [-0.4, -0.2) is 22.0 Å². The summed E-state index contributed by atoms with van der Waals surface area (Å²) in [5.41, 5.74) is -1.90. The summed E-state index contributed by atoms with van der Waals surface area (Å²) in [6.07, 6.45) is -4.06. The molecule has 1 aromatic heterocycles. The van der Waals surface area contributed by atoms with Crippen LogP contribution < -0.4 is 5.32 Å². The third-order valence-electron chi connectivity index (χ3n) is 1.73. The Balaban J connectivity index is 3.31. The van der Waals surface area contributed by atoms with Gasteiger partial charge in [-0.25, -0.2) is 9.78 Å². The van der Waals surface area contributed by atoms with E-state index in [1.165, 1.54) is 0 Å². The van der Waals surface area contributed by atoms with Gasteiger partial charge < -0.3 is 10.4 Å². The Morgan fingerprint density at radius 1 is 1.41 bits per heavy atom. The van der Waals surface area contributed by atoms with Crippen molar-refractivity contribution in [2.75, 3.05) is 5.32 Å². The zero-order valence-electron chi connectivity index (χ0n) is 8.50. The number of pyridine rings is 1. The lowest BCUT2D eigenvalue weighted by atomic mass is 10.2. The maximum absolute atomic E-state index is 12.6. The third-order valence-corrected chi connectivity index (χ3v) is 1.73. The monoisotopic (exact) mass is 248 g/mol. The molecule has 0 aliphatic rings. The van der Waals surface area contributed by atoms with Crippen LogP contribution in [0.5, 0.6) is 0 Å². The molecule has 1 rings (SSSR count). The van der Waals surface area contributed by atoms with E-state index in [4.69, 9.17) is 5.11 Å². The highest BCUT2D eigenvalue weighted by atomic mass is 19.4. The minimum absolute atomic E-state index is 0.417. The number of nitrogens with one attached hydrogen (secondary N) is 1. The van der Waals surface area contributed by atoms with Gasteiger partial charge in [0.05, 0.1) is 11.1 Å². The highest BCUT2D eigenvalue weighted by Gasteiger charge is 2.35. The van der Waals surface area contributed by atoms with Gasteiger partial charge in [0, 0.05) is 13.1 Å². The minimum atomic E-state index is -4.80. The molecule has 5 nitrogen and oxygen atoms in total. The van der Waals surface area contributed by atoms with Crippen LogP contribution in [0.4, 0.5) is 19.0 Å². The van der Waals surface area contributed by atoms with Gasteiger partial charge in [0.1, 0.15) is 5.82 Å². The average Bonchev–Trinajstić information content (AvgIpc) is 2.15. The Bertz CT molecular complexity index is 471. The first-order valence-corrected chi connectivity index (χ1v) is 4.30. The molecule has 0 aliphatic heterocycles. The highest BCUT2D eigenvalue weighted by molar-refractivity contribution is 5.91. The molecule has 92 valence electrons. The number of carboxylic acids is 1. The zero-order chi connectivity index (χ0) is 13.2. The van der Waals surface area contributed by atoms with Gasteiger partial charge in [0.15, 0.2) is 0 Å². The van der Waals surface area contributed by atoms with Crippen molar-refractivity contribution in [1.82, 2.24) is 4.98 Å². The molecule has 0 bridgehead atoms. The first-order valence-electron chi connectivity index (χ1n) is 4.30. The smallest absolute Gasteiger partial charge is 0.419 e. The van der Waals surface area contributed by atoms with Crippen molar-refractivity contribution in [3.63, 3.8) is 0 Å². The molecule has 2 N–H and O–H groups in total. The summed E-state index contributed by atoms with van der Waals surface area (Å²) in [4.78, 5) is 24.5. The average molecular weight is 248 g/mol. The van der Waals surface area contributed by atoms with E-state index in [9.17, 15) is 22.8 Å². The Morgan fingerprint density at radius 3 is 2.41 bits per heavy atom. The molecule has 0 radical (unpaired) electrons. The van der Waals surface area contributed by atoms with E-state index < -0.39 is 35.0 Å². The molecule has 0 aliphatic carbocycles. The first-order chi connectivity index (χ1) is 7.71. The molecular weight excluding hydrogens is 241 g/mol. The number of rotatable bonds is 2. The van der Waals surface area contributed by atoms with Crippen LogP contribution in [0.3, 0.4) is 0 Å². The quantitative estimate of drug-likeness (QED) is 0.835. The molecule has 1 heterocycles. The van der Waals surface area contributed by atoms with Crippen molar-refractivity contribution in [2.45, 2.75) is 13.1 Å². The van der Waals surface area contributed by atoms with Gasteiger partial charge >= 0.3 is 12.1 Å². The SMILES string of the molecule is CC(=O)Nc1ncc(C(=O)O)cc1C(F)(F)F. The third kappa shape index (κ3) is 3.16. The number of nitrogens with zero attached hydrogens (tertiary/aromatic N) is 1. The molecule has 0 unspecified atom stereocenters. The van der Waals surface area contributed by atoms with Crippen LogP contribution in [-0.2, 0) is 11.0 Å². The number of aromatic nitrogens is 1. The number of hydrogen-bond acceptors (Lipinski definition) is 3. The fourth-order valence-corrected chi connectivity index (χ4v) is 1.06. The highest BCUT2D eigenvalue weighted by Crippen LogP contribution is 2.34. The molecular formula is C9H7F3N2O3. The Labute approximate surface area is 93.3 Å². The van der Waals surface area contributed by atoms with Crippen molar-refractivity contribution >= 4 is 17.7 Å². The molecule has 1 amide bonds. The molecule has 17 heavy (non-hydrogen) atoms. The largest absolute Gasteiger partial charge is 0.478 e. The fourth-order valence-electron chi connectivity index (χ4n) is 1.06. The normalized spacial score (nSPS) is 11.1. The molecule has 0 atom stereocenters. The van der Waals surface area contributed by atoms with Gasteiger partial charge in [0.25, 0.3) is 0 Å². The Morgan fingerprint density at radius 2 is 2.00 bits per heavy atom. The number of carbonyl (C=O) groups excluding carboxylic acids is 1. The summed E-state index contributed by atoms with van der Waals surface area (Å²) < 4.78 is 37.7. The van der Waals surface area contributed by atoms with E-state index in [0.717, 1.165) is 13.1 Å². The second kappa shape index (κ2) is 4.40. The van der Waals surface area contributed by atoms with Crippen molar-refractivity contribution in [2.24, 2.45) is 0 Å². The summed E-state index contributed by atoms with van der Waals surface area (Å²) in [7, 11) is 0. The first kappa shape index (κ1) is 12.9. The zero-order valence-corrected chi connectivity index (χ0v) is 8.50. The van der Waals surface area contributed by atoms with Crippen LogP contribution in [0.25, 0.3) is 0 Å². The van der Waals surface area contributed by atoms with Crippen molar-refractivity contribution in [3.8, 4) is 0 Å². The van der Waals surface area contributed by atoms with Crippen molar-refractivity contribution in [1.29, 1.82) is 0 Å². The predicted octanol–water partition coefficient (Wildman–Crippen LogP) is 1.76. The van der Waals surface area contributed by atoms with Gasteiger partial charge in [-0.15, -0.1) is 0 Å². The van der Waals surface area contributed by atoms with Gasteiger partial charge in [-0.1, -0.05) is 0 Å². The second-order valence-electron chi connectivity index (χ2n) is 3.10. The van der Waals surface area contributed by atoms with E-state index in [-0.39, 0.29) is 0 Å². The van der Waals surface area contributed by atoms with Crippen LogP contribution in [0.15, 0.2) is 12.3 Å². The maximum Gasteiger partial charge on any atom is 0.419 e. The van der Waals surface area contributed by atoms with Gasteiger partial charge in [-0.2, -0.15) is 13.2 Å². The molecule has 0 saturated carbocycles. The van der Waals surface area contributed by atoms with Crippen LogP contribution in [0.2, 0.25) is 0 Å². The molecule has 0 aromatic carbocycles. The lowest BCUT2D eigenvalue weighted by molar-refractivity contribution is -0.137. The number of amides is 1. The molecule has 1 aromatic rings. The van der Waals surface area contributed by atoms with E-state index in [0.29, 0.717) is 6.07 Å². The summed E-state index contributed by atoms with van der Waals surface area (Å²) >= 11 is 0. The molecule has 0 saturated heterocycles. The fraction of sp³-hybridized carbons (Fsp3) is 0.222. The summed E-state index contributed by atoms with van der Waals surface area (Å²) in [5, 5.41) is 10.4. The number of carbonyl (C=O) groups is 2. The Hall–Kier alpha value is -2.12. The van der Waals surface area contributed by atoms with Crippen molar-refractivity contribution < 1.29 is 27.9 Å². The second-order valence-corrected chi connectivity index (χ2v) is 3.10. The molecule has 8 heteroatoms. The molecule has 0 fully saturated rings. The number of anilines is 1. The van der Waals surface area contributed by atoms with Crippen LogP contribution in [0, 0.1) is 0 Å². The number of halogens is 3. The van der Waals surface area contributed by atoms with E-state index in [2.05, 4.69) is 4.98 Å². The van der Waals surface area contributed by atoms with Gasteiger partial charge in [0.2, 0.25) is 5.91 Å². The Kier molecular flexibility index (Phi) is 3.35. The van der Waals surface area contributed by atoms with Crippen LogP contribution >= 0.6 is 0 Å². The summed E-state index contributed by atoms with van der Waals surface area (Å²) in [5.74, 6) is -2.97. The van der Waals surface area contributed by atoms with E-state index >= 15 is 0 Å². The predicted molar refractivity (Wildman–Crippen MR) is 50.5 cm³/mol. The lowest BCUT2D eigenvalue weighted by Gasteiger charge is -2.12.